The molecule has 1 heterocycles. The highest BCUT2D eigenvalue weighted by Gasteiger charge is 2.56. The predicted molar refractivity (Wildman–Crippen MR) is 127 cm³/mol. The number of nitrogens with zero attached hydrogens (tertiary/aromatic N) is 1. The maximum Gasteiger partial charge on any atom is 0.243 e. The van der Waals surface area contributed by atoms with Crippen molar-refractivity contribution in [3.8, 4) is 0 Å². The molecule has 0 bridgehead atoms. The maximum atomic E-state index is 14.0. The molecule has 2 atom stereocenters. The van der Waals surface area contributed by atoms with Gasteiger partial charge in [-0.15, -0.1) is 0 Å². The van der Waals surface area contributed by atoms with Crippen molar-refractivity contribution < 1.29 is 13.2 Å². The van der Waals surface area contributed by atoms with Crippen molar-refractivity contribution in [3.05, 3.63) is 107 Å². The Balaban J connectivity index is 1.71. The standard InChI is InChI=1S/C27H27NO3S/c1-20-12-14-25(15-13-20)32(29,30)28-18-24-16-22-10-6-7-11-23(22)17-27(24,19-31-2)26(28)21-8-4-3-5-9-21/h3-16,26H,17-19H2,1-2H3/t26-,27+/m0/s1. The van der Waals surface area contributed by atoms with E-state index in [1.807, 2.05) is 61.5 Å². The van der Waals surface area contributed by atoms with Crippen molar-refractivity contribution in [2.24, 2.45) is 5.41 Å². The number of rotatable bonds is 5. The first kappa shape index (κ1) is 21.1. The first-order valence-electron chi connectivity index (χ1n) is 10.9. The highest BCUT2D eigenvalue weighted by Crippen LogP contribution is 2.56. The topological polar surface area (TPSA) is 46.6 Å². The van der Waals surface area contributed by atoms with Gasteiger partial charge in [0.15, 0.2) is 0 Å². The van der Waals surface area contributed by atoms with E-state index >= 15 is 0 Å². The van der Waals surface area contributed by atoms with E-state index in [-0.39, 0.29) is 6.04 Å². The Labute approximate surface area is 190 Å². The fourth-order valence-electron chi connectivity index (χ4n) is 5.30. The molecule has 164 valence electrons. The molecular weight excluding hydrogens is 418 g/mol. The first-order chi connectivity index (χ1) is 15.5. The number of methoxy groups -OCH3 is 1. The summed E-state index contributed by atoms with van der Waals surface area (Å²) in [5.41, 5.74) is 5.07. The molecule has 0 spiro atoms. The number of hydrogen-bond donors (Lipinski definition) is 0. The fraction of sp³-hybridized carbons (Fsp3) is 0.259. The summed E-state index contributed by atoms with van der Waals surface area (Å²) in [6.07, 6.45) is 2.92. The summed E-state index contributed by atoms with van der Waals surface area (Å²) >= 11 is 0. The molecule has 1 fully saturated rings. The smallest absolute Gasteiger partial charge is 0.243 e. The van der Waals surface area contributed by atoms with Crippen LogP contribution in [0.5, 0.6) is 0 Å². The monoisotopic (exact) mass is 445 g/mol. The molecule has 4 nitrogen and oxygen atoms in total. The van der Waals surface area contributed by atoms with Crippen molar-refractivity contribution in [1.82, 2.24) is 4.31 Å². The van der Waals surface area contributed by atoms with E-state index in [1.165, 1.54) is 5.56 Å². The van der Waals surface area contributed by atoms with Crippen LogP contribution < -0.4 is 0 Å². The largest absolute Gasteiger partial charge is 0.384 e. The van der Waals surface area contributed by atoms with Gasteiger partial charge in [0.05, 0.1) is 17.5 Å². The Morgan fingerprint density at radius 1 is 0.969 bits per heavy atom. The zero-order valence-corrected chi connectivity index (χ0v) is 19.2. The first-order valence-corrected chi connectivity index (χ1v) is 12.3. The highest BCUT2D eigenvalue weighted by atomic mass is 32.2. The summed E-state index contributed by atoms with van der Waals surface area (Å²) in [6.45, 7) is 2.77. The predicted octanol–water partition coefficient (Wildman–Crippen LogP) is 5.01. The van der Waals surface area contributed by atoms with Crippen LogP contribution in [0.2, 0.25) is 0 Å². The Kier molecular flexibility index (Phi) is 5.28. The third-order valence-electron chi connectivity index (χ3n) is 6.81. The maximum absolute atomic E-state index is 14.0. The van der Waals surface area contributed by atoms with Crippen LogP contribution >= 0.6 is 0 Å². The molecule has 5 heteroatoms. The van der Waals surface area contributed by atoms with Crippen molar-refractivity contribution in [3.63, 3.8) is 0 Å². The van der Waals surface area contributed by atoms with Crippen molar-refractivity contribution in [1.29, 1.82) is 0 Å². The van der Waals surface area contributed by atoms with Crippen LogP contribution in [-0.4, -0.2) is 33.0 Å². The lowest BCUT2D eigenvalue weighted by molar-refractivity contribution is 0.0778. The van der Waals surface area contributed by atoms with Gasteiger partial charge in [-0.05, 0) is 47.7 Å². The van der Waals surface area contributed by atoms with Gasteiger partial charge in [-0.3, -0.25) is 0 Å². The molecule has 0 unspecified atom stereocenters. The lowest BCUT2D eigenvalue weighted by atomic mass is 9.67. The zero-order chi connectivity index (χ0) is 22.3. The summed E-state index contributed by atoms with van der Waals surface area (Å²) in [4.78, 5) is 0.327. The Bertz CT molecular complexity index is 1270. The summed E-state index contributed by atoms with van der Waals surface area (Å²) in [6, 6.07) is 25.1. The van der Waals surface area contributed by atoms with E-state index in [2.05, 4.69) is 18.2 Å². The lowest BCUT2D eigenvalue weighted by Gasteiger charge is -2.40. The quantitative estimate of drug-likeness (QED) is 0.554. The van der Waals surface area contributed by atoms with Crippen molar-refractivity contribution in [2.45, 2.75) is 24.3 Å². The van der Waals surface area contributed by atoms with E-state index in [1.54, 1.807) is 23.5 Å². The van der Waals surface area contributed by atoms with E-state index in [9.17, 15) is 8.42 Å². The number of aryl methyl sites for hydroxylation is 1. The third kappa shape index (κ3) is 3.32. The van der Waals surface area contributed by atoms with Gasteiger partial charge in [-0.25, -0.2) is 8.42 Å². The Morgan fingerprint density at radius 3 is 2.38 bits per heavy atom. The second kappa shape index (κ2) is 8.00. The van der Waals surface area contributed by atoms with Crippen LogP contribution in [0.1, 0.15) is 28.3 Å². The molecule has 3 aromatic carbocycles. The molecule has 3 aromatic rings. The number of hydrogen-bond acceptors (Lipinski definition) is 3. The van der Waals surface area contributed by atoms with Crippen LogP contribution in [-0.2, 0) is 21.2 Å². The van der Waals surface area contributed by atoms with E-state index in [0.717, 1.165) is 28.7 Å². The summed E-state index contributed by atoms with van der Waals surface area (Å²) < 4.78 is 35.4. The Morgan fingerprint density at radius 2 is 1.66 bits per heavy atom. The van der Waals surface area contributed by atoms with Gasteiger partial charge in [-0.1, -0.05) is 78.4 Å². The lowest BCUT2D eigenvalue weighted by Crippen LogP contribution is -2.40. The highest BCUT2D eigenvalue weighted by molar-refractivity contribution is 7.89. The van der Waals surface area contributed by atoms with Gasteiger partial charge in [0.25, 0.3) is 0 Å². The molecule has 2 aliphatic rings. The molecule has 1 saturated heterocycles. The molecule has 32 heavy (non-hydrogen) atoms. The van der Waals surface area contributed by atoms with Crippen LogP contribution in [0.3, 0.4) is 0 Å². The molecule has 1 aliphatic heterocycles. The minimum Gasteiger partial charge on any atom is -0.384 e. The SMILES string of the molecule is COC[C@]12Cc3ccccc3C=C1CN(S(=O)(=O)c1ccc(C)cc1)[C@H]2c1ccccc1. The molecule has 0 amide bonds. The molecule has 5 rings (SSSR count). The minimum absolute atomic E-state index is 0.327. The van der Waals surface area contributed by atoms with Gasteiger partial charge in [0.1, 0.15) is 0 Å². The van der Waals surface area contributed by atoms with Crippen molar-refractivity contribution >= 4 is 16.1 Å². The Hall–Kier alpha value is -2.73. The molecule has 1 aliphatic carbocycles. The van der Waals surface area contributed by atoms with Gasteiger partial charge in [-0.2, -0.15) is 4.31 Å². The van der Waals surface area contributed by atoms with Crippen LogP contribution in [0, 0.1) is 12.3 Å². The fourth-order valence-corrected chi connectivity index (χ4v) is 6.96. The number of ether oxygens (including phenoxy) is 1. The van der Waals surface area contributed by atoms with Gasteiger partial charge in [0, 0.05) is 19.1 Å². The van der Waals surface area contributed by atoms with E-state index in [4.69, 9.17) is 4.74 Å². The van der Waals surface area contributed by atoms with Crippen LogP contribution in [0.4, 0.5) is 0 Å². The van der Waals surface area contributed by atoms with E-state index in [0.29, 0.717) is 18.0 Å². The van der Waals surface area contributed by atoms with Gasteiger partial charge < -0.3 is 4.74 Å². The molecular formula is C27H27NO3S. The third-order valence-corrected chi connectivity index (χ3v) is 8.64. The summed E-state index contributed by atoms with van der Waals surface area (Å²) in [7, 11) is -2.02. The number of sulfonamides is 1. The van der Waals surface area contributed by atoms with E-state index < -0.39 is 15.4 Å². The second-order valence-corrected chi connectivity index (χ2v) is 10.7. The number of benzene rings is 3. The molecule has 0 aromatic heterocycles. The summed E-state index contributed by atoms with van der Waals surface area (Å²) in [5, 5.41) is 0. The van der Waals surface area contributed by atoms with Crippen LogP contribution in [0.15, 0.2) is 89.3 Å². The number of fused-ring (bicyclic) bond motifs is 2. The van der Waals surface area contributed by atoms with Gasteiger partial charge >= 0.3 is 0 Å². The average Bonchev–Trinajstić information content (AvgIpc) is 3.13. The molecule has 0 saturated carbocycles. The zero-order valence-electron chi connectivity index (χ0n) is 18.4. The van der Waals surface area contributed by atoms with Crippen LogP contribution in [0.25, 0.3) is 6.08 Å². The normalized spacial score (nSPS) is 22.8. The second-order valence-electron chi connectivity index (χ2n) is 8.81. The van der Waals surface area contributed by atoms with Gasteiger partial charge in [0.2, 0.25) is 10.0 Å². The molecule has 0 radical (unpaired) electrons. The average molecular weight is 446 g/mol. The molecule has 0 N–H and O–H groups in total. The minimum atomic E-state index is -3.72. The summed E-state index contributed by atoms with van der Waals surface area (Å²) in [5.74, 6) is 0. The van der Waals surface area contributed by atoms with Crippen molar-refractivity contribution in [2.75, 3.05) is 20.3 Å².